The zero-order chi connectivity index (χ0) is 15.8. The van der Waals surface area contributed by atoms with Crippen molar-refractivity contribution < 1.29 is 74.4 Å². The van der Waals surface area contributed by atoms with E-state index in [-0.39, 0.29) is 82.1 Å². The Morgan fingerprint density at radius 2 is 2.17 bits per heavy atom. The van der Waals surface area contributed by atoms with E-state index in [1.54, 1.807) is 0 Å². The van der Waals surface area contributed by atoms with Crippen LogP contribution in [-0.2, 0) is 6.18 Å². The Labute approximate surface area is 175 Å². The normalized spacial score (nSPS) is 27.6. The molecule has 9 heteroatoms. The van der Waals surface area contributed by atoms with Gasteiger partial charge < -0.3 is 9.84 Å². The quantitative estimate of drug-likeness (QED) is 0.599. The second kappa shape index (κ2) is 7.63. The Bertz CT molecular complexity index is 546. The molecule has 0 N–H and O–H groups in total. The Kier molecular flexibility index (Phi) is 6.49. The van der Waals surface area contributed by atoms with Crippen LogP contribution < -0.4 is 61.2 Å². The summed E-state index contributed by atoms with van der Waals surface area (Å²) in [5.41, 5.74) is -0.267. The van der Waals surface area contributed by atoms with Crippen molar-refractivity contribution in [2.24, 2.45) is 0 Å². The first-order valence-corrected chi connectivity index (χ1v) is 7.32. The van der Waals surface area contributed by atoms with Gasteiger partial charge in [0.25, 0.3) is 0 Å². The van der Waals surface area contributed by atoms with E-state index in [2.05, 4.69) is 14.9 Å². The molecule has 1 aromatic heterocycles. The first-order chi connectivity index (χ1) is 10.4. The Hall–Kier alpha value is 0.226. The van der Waals surface area contributed by atoms with E-state index in [0.29, 0.717) is 0 Å². The van der Waals surface area contributed by atoms with Crippen LogP contribution in [0.1, 0.15) is 31.5 Å². The fourth-order valence-electron chi connectivity index (χ4n) is 3.53. The molecule has 2 aliphatic rings. The summed E-state index contributed by atoms with van der Waals surface area (Å²) in [6.45, 7) is 0.971. The predicted octanol–water partition coefficient (Wildman–Crippen LogP) is -1.76. The van der Waals surface area contributed by atoms with Gasteiger partial charge in [-0.05, 0) is 32.2 Å². The minimum Gasteiger partial charge on any atom is -0.853 e. The monoisotopic (exact) mass is 355 g/mol. The second-order valence-corrected chi connectivity index (χ2v) is 5.89. The summed E-state index contributed by atoms with van der Waals surface area (Å²) in [6.07, 6.45) is 0.0156. The molecule has 0 radical (unpaired) electrons. The fraction of sp³-hybridized carbons (Fsp3) is 0.714. The van der Waals surface area contributed by atoms with Crippen molar-refractivity contribution >= 4 is 0 Å². The standard InChI is InChI=1S/C14H17F3N3O2.K/c15-14(16,17)12-18-6-3-11(19-12)22-8-10-2-5-13(9-21)4-1-7-20(10)13;/h3,6,10H,1-2,4-5,7-9H2;/q-1;+1. The summed E-state index contributed by atoms with van der Waals surface area (Å²) in [7, 11) is 0. The van der Waals surface area contributed by atoms with E-state index in [1.165, 1.54) is 6.07 Å². The van der Waals surface area contributed by atoms with E-state index in [4.69, 9.17) is 4.74 Å². The molecule has 2 atom stereocenters. The summed E-state index contributed by atoms with van der Waals surface area (Å²) < 4.78 is 43.1. The molecule has 0 aromatic carbocycles. The number of ether oxygens (including phenoxy) is 1. The molecular formula is C14H17F3KN3O2. The predicted molar refractivity (Wildman–Crippen MR) is 69.1 cm³/mol. The van der Waals surface area contributed by atoms with Gasteiger partial charge in [-0.1, -0.05) is 0 Å². The number of aromatic nitrogens is 2. The third kappa shape index (κ3) is 4.08. The van der Waals surface area contributed by atoms with Crippen LogP contribution in [0.5, 0.6) is 5.88 Å². The molecule has 3 heterocycles. The maximum atomic E-state index is 12.6. The van der Waals surface area contributed by atoms with Crippen LogP contribution in [0.4, 0.5) is 13.2 Å². The zero-order valence-corrected chi connectivity index (χ0v) is 16.1. The van der Waals surface area contributed by atoms with Gasteiger partial charge >= 0.3 is 57.6 Å². The van der Waals surface area contributed by atoms with Crippen LogP contribution in [0, 0.1) is 0 Å². The molecule has 23 heavy (non-hydrogen) atoms. The topological polar surface area (TPSA) is 61.3 Å². The minimum absolute atomic E-state index is 0. The third-order valence-electron chi connectivity index (χ3n) is 4.61. The maximum Gasteiger partial charge on any atom is 1.00 e. The smallest absolute Gasteiger partial charge is 0.853 e. The Morgan fingerprint density at radius 3 is 2.87 bits per heavy atom. The first kappa shape index (κ1) is 19.5. The van der Waals surface area contributed by atoms with E-state index in [9.17, 15) is 18.3 Å². The molecule has 0 amide bonds. The van der Waals surface area contributed by atoms with Gasteiger partial charge in [0, 0.05) is 23.8 Å². The van der Waals surface area contributed by atoms with E-state index in [1.807, 2.05) is 0 Å². The van der Waals surface area contributed by atoms with Gasteiger partial charge in [-0.25, -0.2) is 4.98 Å². The Morgan fingerprint density at radius 1 is 1.39 bits per heavy atom. The van der Waals surface area contributed by atoms with E-state index < -0.39 is 12.0 Å². The molecule has 3 rings (SSSR count). The van der Waals surface area contributed by atoms with Crippen LogP contribution in [-0.4, -0.2) is 46.2 Å². The molecule has 0 aliphatic carbocycles. The first-order valence-electron chi connectivity index (χ1n) is 7.32. The Balaban J connectivity index is 0.00000192. The average Bonchev–Trinajstić information content (AvgIpc) is 3.04. The van der Waals surface area contributed by atoms with E-state index >= 15 is 0 Å². The van der Waals surface area contributed by atoms with Crippen molar-refractivity contribution in [1.29, 1.82) is 0 Å². The van der Waals surface area contributed by atoms with Gasteiger partial charge in [0.05, 0.1) is 0 Å². The van der Waals surface area contributed by atoms with Crippen molar-refractivity contribution in [1.82, 2.24) is 14.9 Å². The molecule has 2 aliphatic heterocycles. The number of halogens is 3. The molecule has 0 saturated carbocycles. The van der Waals surface area contributed by atoms with Crippen LogP contribution >= 0.6 is 0 Å². The van der Waals surface area contributed by atoms with Crippen molar-refractivity contribution in [3.8, 4) is 5.88 Å². The summed E-state index contributed by atoms with van der Waals surface area (Å²) in [5.74, 6) is -1.28. The average molecular weight is 355 g/mol. The summed E-state index contributed by atoms with van der Waals surface area (Å²) in [5, 5.41) is 11.5. The summed E-state index contributed by atoms with van der Waals surface area (Å²) >= 11 is 0. The van der Waals surface area contributed by atoms with Crippen molar-refractivity contribution in [3.05, 3.63) is 18.1 Å². The SMILES string of the molecule is [K+].[O-]CC12CCCN1C(COc1ccnc(C(F)(F)F)n1)CC2. The van der Waals surface area contributed by atoms with Crippen LogP contribution in [0.25, 0.3) is 0 Å². The third-order valence-corrected chi connectivity index (χ3v) is 4.61. The van der Waals surface area contributed by atoms with Gasteiger partial charge in [-0.2, -0.15) is 18.2 Å². The number of alkyl halides is 3. The molecule has 5 nitrogen and oxygen atoms in total. The minimum atomic E-state index is -4.58. The molecule has 122 valence electrons. The molecule has 0 bridgehead atoms. The number of hydrogen-bond acceptors (Lipinski definition) is 5. The van der Waals surface area contributed by atoms with Crippen LogP contribution in [0.3, 0.4) is 0 Å². The fourth-order valence-corrected chi connectivity index (χ4v) is 3.53. The van der Waals surface area contributed by atoms with Gasteiger partial charge in [-0.3, -0.25) is 4.90 Å². The van der Waals surface area contributed by atoms with Gasteiger partial charge in [0.15, 0.2) is 0 Å². The molecular weight excluding hydrogens is 338 g/mol. The molecule has 2 unspecified atom stereocenters. The molecule has 2 saturated heterocycles. The number of nitrogens with zero attached hydrogens (tertiary/aromatic N) is 3. The number of rotatable bonds is 4. The van der Waals surface area contributed by atoms with Crippen molar-refractivity contribution in [3.63, 3.8) is 0 Å². The van der Waals surface area contributed by atoms with Crippen molar-refractivity contribution in [2.75, 3.05) is 19.8 Å². The molecule has 2 fully saturated rings. The van der Waals surface area contributed by atoms with Gasteiger partial charge in [0.2, 0.25) is 11.7 Å². The number of hydrogen-bond donors (Lipinski definition) is 0. The van der Waals surface area contributed by atoms with Crippen molar-refractivity contribution in [2.45, 2.75) is 43.4 Å². The van der Waals surface area contributed by atoms with E-state index in [0.717, 1.165) is 38.4 Å². The number of fused-ring (bicyclic) bond motifs is 1. The van der Waals surface area contributed by atoms with Crippen LogP contribution in [0.15, 0.2) is 12.3 Å². The summed E-state index contributed by atoms with van der Waals surface area (Å²) in [4.78, 5) is 8.76. The second-order valence-electron chi connectivity index (χ2n) is 5.89. The maximum absolute atomic E-state index is 12.6. The van der Waals surface area contributed by atoms with Crippen LogP contribution in [0.2, 0.25) is 0 Å². The van der Waals surface area contributed by atoms with Gasteiger partial charge in [-0.15, -0.1) is 6.61 Å². The summed E-state index contributed by atoms with van der Waals surface area (Å²) in [6, 6.07) is 1.38. The largest absolute Gasteiger partial charge is 1.00 e. The molecule has 0 spiro atoms. The van der Waals surface area contributed by atoms with Gasteiger partial charge in [0.1, 0.15) is 6.61 Å². The molecule has 1 aromatic rings. The zero-order valence-electron chi connectivity index (χ0n) is 13.0.